The molecule has 4 amide bonds. The summed E-state index contributed by atoms with van der Waals surface area (Å²) in [5.74, 6) is -1.77. The smallest absolute Gasteiger partial charge is 0.243 e. The summed E-state index contributed by atoms with van der Waals surface area (Å²) < 4.78 is 0. The Kier molecular flexibility index (Phi) is 8.59. The largest absolute Gasteiger partial charge is 0.508 e. The number of aromatic hydroxyl groups is 1. The van der Waals surface area contributed by atoms with E-state index in [-0.39, 0.29) is 44.0 Å². The Hall–Kier alpha value is -4.38. The maximum Gasteiger partial charge on any atom is 0.243 e. The van der Waals surface area contributed by atoms with Crippen molar-refractivity contribution in [1.29, 1.82) is 0 Å². The van der Waals surface area contributed by atoms with Crippen LogP contribution in [0, 0.1) is 0 Å². The molecule has 0 radical (unpaired) electrons. The highest BCUT2D eigenvalue weighted by Crippen LogP contribution is 2.19. The van der Waals surface area contributed by atoms with Gasteiger partial charge in [-0.25, -0.2) is 0 Å². The second-order valence-corrected chi connectivity index (χ2v) is 9.37. The van der Waals surface area contributed by atoms with Crippen LogP contribution in [0.5, 0.6) is 5.75 Å². The summed E-state index contributed by atoms with van der Waals surface area (Å²) >= 11 is 0. The molecule has 1 fully saturated rings. The number of phenolic OH excluding ortho intramolecular Hbond substituents is 1. The predicted octanol–water partition coefficient (Wildman–Crippen LogP) is -0.0182. The first-order valence-corrected chi connectivity index (χ1v) is 12.5. The van der Waals surface area contributed by atoms with Crippen LogP contribution in [0.25, 0.3) is 10.9 Å². The summed E-state index contributed by atoms with van der Waals surface area (Å²) in [4.78, 5) is 54.5. The van der Waals surface area contributed by atoms with Crippen LogP contribution in [0.15, 0.2) is 54.7 Å². The van der Waals surface area contributed by atoms with Gasteiger partial charge in [-0.15, -0.1) is 0 Å². The van der Waals surface area contributed by atoms with Gasteiger partial charge in [0.05, 0.1) is 12.6 Å². The molecular formula is C27H32N6O5. The van der Waals surface area contributed by atoms with E-state index in [2.05, 4.69) is 26.3 Å². The number of H-pyrrole nitrogens is 1. The maximum absolute atomic E-state index is 13.3. The first-order chi connectivity index (χ1) is 18.3. The van der Waals surface area contributed by atoms with E-state index < -0.39 is 35.8 Å². The van der Waals surface area contributed by atoms with Crippen molar-refractivity contribution in [1.82, 2.24) is 26.3 Å². The van der Waals surface area contributed by atoms with Gasteiger partial charge >= 0.3 is 0 Å². The summed E-state index contributed by atoms with van der Waals surface area (Å²) in [5, 5.41) is 21.1. The van der Waals surface area contributed by atoms with Crippen LogP contribution in [0.4, 0.5) is 0 Å². The van der Waals surface area contributed by atoms with Crippen molar-refractivity contribution in [3.63, 3.8) is 0 Å². The van der Waals surface area contributed by atoms with Gasteiger partial charge in [0.1, 0.15) is 17.8 Å². The molecule has 1 aromatic heterocycles. The number of carbonyl (C=O) groups is 4. The zero-order valence-corrected chi connectivity index (χ0v) is 20.8. The fourth-order valence-electron chi connectivity index (χ4n) is 4.42. The minimum absolute atomic E-state index is 0.106. The number of aromatic amines is 1. The number of nitrogens with two attached hydrogens (primary N) is 1. The quantitative estimate of drug-likeness (QED) is 0.240. The van der Waals surface area contributed by atoms with Crippen LogP contribution in [0.1, 0.15) is 24.0 Å². The lowest BCUT2D eigenvalue weighted by atomic mass is 10.0. The molecule has 200 valence electrons. The molecule has 0 saturated carbocycles. The van der Waals surface area contributed by atoms with Gasteiger partial charge in [0, 0.05) is 30.1 Å². The Balaban J connectivity index is 1.49. The number of rotatable bonds is 6. The monoisotopic (exact) mass is 520 g/mol. The van der Waals surface area contributed by atoms with Crippen molar-refractivity contribution < 1.29 is 24.3 Å². The van der Waals surface area contributed by atoms with Crippen molar-refractivity contribution in [3.8, 4) is 5.75 Å². The molecule has 3 atom stereocenters. The molecule has 8 N–H and O–H groups in total. The average molecular weight is 521 g/mol. The Morgan fingerprint density at radius 1 is 1.05 bits per heavy atom. The SMILES string of the molecule is N[C@@H](Cc1ccc(O)cc1)C(=O)N[C@@H]1CCCNC(=O)CNC(=O)[C@H](Cc2c[nH]c3ccccc23)NC1=O. The molecule has 0 unspecified atom stereocenters. The molecule has 11 heteroatoms. The highest BCUT2D eigenvalue weighted by atomic mass is 16.3. The van der Waals surface area contributed by atoms with Crippen LogP contribution < -0.4 is 27.0 Å². The summed E-state index contributed by atoms with van der Waals surface area (Å²) in [5.41, 5.74) is 8.58. The van der Waals surface area contributed by atoms with Crippen molar-refractivity contribution in [2.45, 2.75) is 43.8 Å². The van der Waals surface area contributed by atoms with E-state index in [0.717, 1.165) is 22.0 Å². The van der Waals surface area contributed by atoms with Crippen LogP contribution in [0.2, 0.25) is 0 Å². The summed E-state index contributed by atoms with van der Waals surface area (Å²) in [6, 6.07) is 11.1. The van der Waals surface area contributed by atoms with Crippen molar-refractivity contribution in [2.75, 3.05) is 13.1 Å². The molecule has 38 heavy (non-hydrogen) atoms. The third-order valence-electron chi connectivity index (χ3n) is 6.51. The second kappa shape index (κ2) is 12.2. The van der Waals surface area contributed by atoms with Crippen molar-refractivity contribution >= 4 is 34.5 Å². The molecule has 2 aromatic carbocycles. The van der Waals surface area contributed by atoms with Crippen LogP contribution >= 0.6 is 0 Å². The minimum atomic E-state index is -0.973. The first kappa shape index (κ1) is 26.7. The summed E-state index contributed by atoms with van der Waals surface area (Å²) in [6.45, 7) is 0.0814. The van der Waals surface area contributed by atoms with Gasteiger partial charge in [0.25, 0.3) is 0 Å². The molecule has 0 aliphatic carbocycles. The van der Waals surface area contributed by atoms with E-state index in [4.69, 9.17) is 5.73 Å². The lowest BCUT2D eigenvalue weighted by Crippen LogP contribution is -2.57. The van der Waals surface area contributed by atoms with Crippen LogP contribution in [0.3, 0.4) is 0 Å². The first-order valence-electron chi connectivity index (χ1n) is 12.5. The maximum atomic E-state index is 13.3. The number of hydrogen-bond acceptors (Lipinski definition) is 6. The van der Waals surface area contributed by atoms with Crippen LogP contribution in [-0.2, 0) is 32.0 Å². The molecule has 1 aliphatic rings. The van der Waals surface area contributed by atoms with Gasteiger partial charge in [-0.05, 0) is 48.6 Å². The highest BCUT2D eigenvalue weighted by molar-refractivity contribution is 5.95. The number of amides is 4. The van der Waals surface area contributed by atoms with Crippen LogP contribution in [-0.4, -0.2) is 64.9 Å². The molecule has 0 bridgehead atoms. The minimum Gasteiger partial charge on any atom is -0.508 e. The van der Waals surface area contributed by atoms with Gasteiger partial charge < -0.3 is 37.1 Å². The van der Waals surface area contributed by atoms with E-state index in [9.17, 15) is 24.3 Å². The molecular weight excluding hydrogens is 488 g/mol. The molecule has 1 saturated heterocycles. The molecule has 0 spiro atoms. The molecule has 3 aromatic rings. The normalized spacial score (nSPS) is 19.9. The summed E-state index contributed by atoms with van der Waals surface area (Å²) in [6.07, 6.45) is 2.85. The van der Waals surface area contributed by atoms with E-state index in [0.29, 0.717) is 6.42 Å². The van der Waals surface area contributed by atoms with Gasteiger partial charge in [0.15, 0.2) is 0 Å². The third-order valence-corrected chi connectivity index (χ3v) is 6.51. The fraction of sp³-hybridized carbons (Fsp3) is 0.333. The molecule has 1 aliphatic heterocycles. The van der Waals surface area contributed by atoms with E-state index in [1.807, 2.05) is 24.3 Å². The standard InChI is InChI=1S/C27H32N6O5/c28-20(12-16-7-9-18(34)10-8-16)25(36)32-22-6-3-11-29-24(35)15-31-26(37)23(33-27(22)38)13-17-14-30-21-5-2-1-4-19(17)21/h1-2,4-5,7-10,14,20,22-23,30,34H,3,6,11-13,15,28H2,(H,29,35)(H,31,37)(H,32,36)(H,33,38)/t20-,22+,23-/m0/s1. The van der Waals surface area contributed by atoms with Gasteiger partial charge in [-0.2, -0.15) is 0 Å². The third kappa shape index (κ3) is 6.88. The number of fused-ring (bicyclic) bond motifs is 1. The number of benzene rings is 2. The number of phenols is 1. The fourth-order valence-corrected chi connectivity index (χ4v) is 4.42. The van der Waals surface area contributed by atoms with Gasteiger partial charge in [-0.1, -0.05) is 30.3 Å². The summed E-state index contributed by atoms with van der Waals surface area (Å²) in [7, 11) is 0. The number of carbonyl (C=O) groups excluding carboxylic acids is 4. The van der Waals surface area contributed by atoms with E-state index >= 15 is 0 Å². The number of aromatic nitrogens is 1. The Morgan fingerprint density at radius 2 is 1.82 bits per heavy atom. The average Bonchev–Trinajstić information content (AvgIpc) is 3.31. The predicted molar refractivity (Wildman–Crippen MR) is 141 cm³/mol. The number of hydrogen-bond donors (Lipinski definition) is 7. The lowest BCUT2D eigenvalue weighted by Gasteiger charge is -2.25. The Morgan fingerprint density at radius 3 is 2.61 bits per heavy atom. The zero-order chi connectivity index (χ0) is 27.1. The van der Waals surface area contributed by atoms with Crippen molar-refractivity contribution in [3.05, 3.63) is 65.9 Å². The number of nitrogens with one attached hydrogen (secondary N) is 5. The molecule has 4 rings (SSSR count). The second-order valence-electron chi connectivity index (χ2n) is 9.37. The molecule has 11 nitrogen and oxygen atoms in total. The van der Waals surface area contributed by atoms with Crippen molar-refractivity contribution in [2.24, 2.45) is 5.73 Å². The molecule has 2 heterocycles. The zero-order valence-electron chi connectivity index (χ0n) is 20.8. The highest BCUT2D eigenvalue weighted by Gasteiger charge is 2.29. The van der Waals surface area contributed by atoms with E-state index in [1.165, 1.54) is 12.1 Å². The van der Waals surface area contributed by atoms with E-state index in [1.54, 1.807) is 18.3 Å². The van der Waals surface area contributed by atoms with Gasteiger partial charge in [-0.3, -0.25) is 19.2 Å². The Labute approximate surface area is 219 Å². The Bertz CT molecular complexity index is 1300. The topological polar surface area (TPSA) is 178 Å². The lowest BCUT2D eigenvalue weighted by molar-refractivity contribution is -0.133. The number of para-hydroxylation sites is 1. The van der Waals surface area contributed by atoms with Gasteiger partial charge in [0.2, 0.25) is 23.6 Å².